The summed E-state index contributed by atoms with van der Waals surface area (Å²) in [4.78, 5) is 18.1. The summed E-state index contributed by atoms with van der Waals surface area (Å²) >= 11 is 0. The summed E-state index contributed by atoms with van der Waals surface area (Å²) in [7, 11) is 4.62. The summed E-state index contributed by atoms with van der Waals surface area (Å²) in [5, 5.41) is 6.39. The summed E-state index contributed by atoms with van der Waals surface area (Å²) in [5.41, 5.74) is 2.36. The van der Waals surface area contributed by atoms with E-state index in [-0.39, 0.29) is 10.8 Å². The number of amides is 1. The number of rotatable bonds is 8. The summed E-state index contributed by atoms with van der Waals surface area (Å²) in [6, 6.07) is 14.5. The normalized spacial score (nSPS) is 12.0. The lowest BCUT2D eigenvalue weighted by molar-refractivity contribution is 0.0827. The SMILES string of the molecule is CN=C(NCCc1cccc(C(=O)N(C)C)c1)NCc1ccccc1S(=O)(=O)N(C)C. The number of aliphatic imine (C=N–C) groups is 1. The van der Waals surface area contributed by atoms with Crippen molar-refractivity contribution in [1.82, 2.24) is 19.8 Å². The zero-order chi connectivity index (χ0) is 23.0. The molecule has 0 saturated carbocycles. The van der Waals surface area contributed by atoms with Crippen molar-refractivity contribution in [2.45, 2.75) is 17.9 Å². The lowest BCUT2D eigenvalue weighted by Crippen LogP contribution is -2.38. The van der Waals surface area contributed by atoms with E-state index in [1.54, 1.807) is 50.3 Å². The van der Waals surface area contributed by atoms with Crippen molar-refractivity contribution in [3.63, 3.8) is 0 Å². The van der Waals surface area contributed by atoms with E-state index in [0.29, 0.717) is 36.6 Å². The zero-order valence-electron chi connectivity index (χ0n) is 18.7. The predicted octanol–water partition coefficient (Wildman–Crippen LogP) is 1.55. The predicted molar refractivity (Wildman–Crippen MR) is 124 cm³/mol. The van der Waals surface area contributed by atoms with Gasteiger partial charge in [-0.15, -0.1) is 0 Å². The molecule has 31 heavy (non-hydrogen) atoms. The highest BCUT2D eigenvalue weighted by atomic mass is 32.2. The van der Waals surface area contributed by atoms with Crippen LogP contribution in [-0.4, -0.2) is 71.3 Å². The van der Waals surface area contributed by atoms with Gasteiger partial charge < -0.3 is 15.5 Å². The standard InChI is InChI=1S/C22H31N5O3S/c1-23-22(24-14-13-17-9-8-11-18(15-17)21(28)26(2)3)25-16-19-10-6-7-12-20(19)31(29,30)27(4)5/h6-12,15H,13-14,16H2,1-5H3,(H2,23,24,25). The van der Waals surface area contributed by atoms with Gasteiger partial charge in [-0.3, -0.25) is 9.79 Å². The molecule has 2 aromatic carbocycles. The van der Waals surface area contributed by atoms with Crippen molar-refractivity contribution >= 4 is 21.9 Å². The van der Waals surface area contributed by atoms with E-state index in [9.17, 15) is 13.2 Å². The summed E-state index contributed by atoms with van der Waals surface area (Å²) in [5.74, 6) is 0.538. The molecule has 168 valence electrons. The lowest BCUT2D eigenvalue weighted by atomic mass is 10.1. The molecule has 0 saturated heterocycles. The smallest absolute Gasteiger partial charge is 0.253 e. The number of nitrogens with zero attached hydrogens (tertiary/aromatic N) is 3. The number of nitrogens with one attached hydrogen (secondary N) is 2. The number of hydrogen-bond acceptors (Lipinski definition) is 4. The minimum absolute atomic E-state index is 0.0290. The molecule has 0 radical (unpaired) electrons. The Morgan fingerprint density at radius 2 is 1.71 bits per heavy atom. The molecule has 8 nitrogen and oxygen atoms in total. The number of sulfonamides is 1. The first-order valence-corrected chi connectivity index (χ1v) is 11.4. The highest BCUT2D eigenvalue weighted by Gasteiger charge is 2.20. The minimum Gasteiger partial charge on any atom is -0.356 e. The van der Waals surface area contributed by atoms with Gasteiger partial charge in [0.05, 0.1) is 4.90 Å². The Bertz CT molecular complexity index is 1030. The van der Waals surface area contributed by atoms with Crippen LogP contribution in [0.2, 0.25) is 0 Å². The molecule has 0 fully saturated rings. The fourth-order valence-corrected chi connectivity index (χ4v) is 4.06. The van der Waals surface area contributed by atoms with Crippen LogP contribution in [-0.2, 0) is 23.0 Å². The number of carbonyl (C=O) groups is 1. The highest BCUT2D eigenvalue weighted by molar-refractivity contribution is 7.89. The molecule has 0 spiro atoms. The van der Waals surface area contributed by atoms with Crippen LogP contribution in [0.15, 0.2) is 58.4 Å². The van der Waals surface area contributed by atoms with Crippen LogP contribution in [0, 0.1) is 0 Å². The highest BCUT2D eigenvalue weighted by Crippen LogP contribution is 2.18. The number of benzene rings is 2. The maximum atomic E-state index is 12.5. The van der Waals surface area contributed by atoms with E-state index in [1.165, 1.54) is 18.4 Å². The number of guanidine groups is 1. The maximum absolute atomic E-state index is 12.5. The maximum Gasteiger partial charge on any atom is 0.253 e. The van der Waals surface area contributed by atoms with Gasteiger partial charge in [0.1, 0.15) is 0 Å². The molecule has 2 rings (SSSR count). The fourth-order valence-electron chi connectivity index (χ4n) is 2.94. The second kappa shape index (κ2) is 10.9. The fraction of sp³-hybridized carbons (Fsp3) is 0.364. The number of carbonyl (C=O) groups excluding carboxylic acids is 1. The van der Waals surface area contributed by atoms with Crippen molar-refractivity contribution < 1.29 is 13.2 Å². The van der Waals surface area contributed by atoms with E-state index in [1.807, 2.05) is 24.3 Å². The van der Waals surface area contributed by atoms with Gasteiger partial charge in [-0.05, 0) is 35.7 Å². The van der Waals surface area contributed by atoms with Crippen LogP contribution in [0.5, 0.6) is 0 Å². The quantitative estimate of drug-likeness (QED) is 0.475. The molecular formula is C22H31N5O3S. The third-order valence-electron chi connectivity index (χ3n) is 4.69. The summed E-state index contributed by atoms with van der Waals surface area (Å²) < 4.78 is 26.3. The molecule has 0 heterocycles. The molecule has 0 bridgehead atoms. The molecule has 0 unspecified atom stereocenters. The molecule has 0 aliphatic heterocycles. The molecule has 2 N–H and O–H groups in total. The van der Waals surface area contributed by atoms with Crippen molar-refractivity contribution in [1.29, 1.82) is 0 Å². The monoisotopic (exact) mass is 445 g/mol. The first kappa shape index (κ1) is 24.4. The van der Waals surface area contributed by atoms with Gasteiger partial charge in [-0.25, -0.2) is 12.7 Å². The van der Waals surface area contributed by atoms with Crippen LogP contribution in [0.25, 0.3) is 0 Å². The Hall–Kier alpha value is -2.91. The van der Waals surface area contributed by atoms with Crippen LogP contribution in [0.1, 0.15) is 21.5 Å². The second-order valence-corrected chi connectivity index (χ2v) is 9.52. The topological polar surface area (TPSA) is 94.1 Å². The number of hydrogen-bond donors (Lipinski definition) is 2. The van der Waals surface area contributed by atoms with Gasteiger partial charge in [-0.2, -0.15) is 0 Å². The first-order chi connectivity index (χ1) is 14.7. The van der Waals surface area contributed by atoms with Crippen molar-refractivity contribution in [3.05, 3.63) is 65.2 Å². The molecule has 2 aromatic rings. The minimum atomic E-state index is -3.53. The van der Waals surface area contributed by atoms with E-state index in [0.717, 1.165) is 5.56 Å². The Labute approximate surface area is 185 Å². The Balaban J connectivity index is 1.97. The van der Waals surface area contributed by atoms with E-state index >= 15 is 0 Å². The molecule has 0 aliphatic carbocycles. The average Bonchev–Trinajstić information content (AvgIpc) is 2.75. The van der Waals surface area contributed by atoms with Gasteiger partial charge >= 0.3 is 0 Å². The van der Waals surface area contributed by atoms with E-state index in [4.69, 9.17) is 0 Å². The van der Waals surface area contributed by atoms with Crippen molar-refractivity contribution in [2.24, 2.45) is 4.99 Å². The third kappa shape index (κ3) is 6.53. The Kier molecular flexibility index (Phi) is 8.58. The van der Waals surface area contributed by atoms with Gasteiger partial charge in [0.25, 0.3) is 5.91 Å². The zero-order valence-corrected chi connectivity index (χ0v) is 19.5. The van der Waals surface area contributed by atoms with Gasteiger partial charge in [-0.1, -0.05) is 30.3 Å². The van der Waals surface area contributed by atoms with Crippen LogP contribution in [0.4, 0.5) is 0 Å². The van der Waals surface area contributed by atoms with Crippen molar-refractivity contribution in [3.8, 4) is 0 Å². The Morgan fingerprint density at radius 1 is 1.00 bits per heavy atom. The van der Waals surface area contributed by atoms with Gasteiger partial charge in [0.2, 0.25) is 10.0 Å². The van der Waals surface area contributed by atoms with Crippen molar-refractivity contribution in [2.75, 3.05) is 41.8 Å². The summed E-state index contributed by atoms with van der Waals surface area (Å²) in [6.07, 6.45) is 0.709. The Morgan fingerprint density at radius 3 is 2.35 bits per heavy atom. The molecule has 0 atom stereocenters. The molecular weight excluding hydrogens is 414 g/mol. The van der Waals surface area contributed by atoms with Crippen LogP contribution < -0.4 is 10.6 Å². The van der Waals surface area contributed by atoms with E-state index in [2.05, 4.69) is 15.6 Å². The van der Waals surface area contributed by atoms with Crippen LogP contribution >= 0.6 is 0 Å². The first-order valence-electron chi connectivity index (χ1n) is 9.92. The third-order valence-corrected chi connectivity index (χ3v) is 6.60. The van der Waals surface area contributed by atoms with Gasteiger partial charge in [0, 0.05) is 53.9 Å². The molecule has 9 heteroatoms. The van der Waals surface area contributed by atoms with E-state index < -0.39 is 10.0 Å². The molecule has 0 aromatic heterocycles. The molecule has 0 aliphatic rings. The van der Waals surface area contributed by atoms with Gasteiger partial charge in [0.15, 0.2) is 5.96 Å². The lowest BCUT2D eigenvalue weighted by Gasteiger charge is -2.17. The van der Waals surface area contributed by atoms with Crippen LogP contribution in [0.3, 0.4) is 0 Å². The second-order valence-electron chi connectivity index (χ2n) is 7.40. The largest absolute Gasteiger partial charge is 0.356 e. The average molecular weight is 446 g/mol. The summed E-state index contributed by atoms with van der Waals surface area (Å²) in [6.45, 7) is 0.923. The molecule has 1 amide bonds.